The molecule has 0 bridgehead atoms. The van der Waals surface area contributed by atoms with E-state index in [0.717, 1.165) is 38.7 Å². The van der Waals surface area contributed by atoms with Gasteiger partial charge in [0.25, 0.3) is 5.91 Å². The Balaban J connectivity index is 2.09. The molecule has 1 aliphatic rings. The summed E-state index contributed by atoms with van der Waals surface area (Å²) in [6, 6.07) is 1.35. The van der Waals surface area contributed by atoms with E-state index in [9.17, 15) is 9.18 Å². The van der Waals surface area contributed by atoms with Gasteiger partial charge in [-0.3, -0.25) is 9.78 Å². The predicted octanol–water partition coefficient (Wildman–Crippen LogP) is 2.07. The molecule has 1 N–H and O–H groups in total. The first kappa shape index (κ1) is 14.9. The molecule has 0 radical (unpaired) electrons. The van der Waals surface area contributed by atoms with E-state index in [1.807, 2.05) is 18.7 Å². The third-order valence-corrected chi connectivity index (χ3v) is 3.75. The van der Waals surface area contributed by atoms with E-state index in [2.05, 4.69) is 10.3 Å². The van der Waals surface area contributed by atoms with Crippen molar-refractivity contribution in [1.29, 1.82) is 0 Å². The van der Waals surface area contributed by atoms with Gasteiger partial charge in [0.15, 0.2) is 0 Å². The molecule has 5 heteroatoms. The van der Waals surface area contributed by atoms with Crippen molar-refractivity contribution in [3.8, 4) is 0 Å². The topological polar surface area (TPSA) is 45.2 Å². The molecule has 0 unspecified atom stereocenters. The molecule has 110 valence electrons. The standard InChI is InChI=1S/C15H22FN3O/c1-11(2)19(10-12-3-5-17-6-4-12)15(20)13-7-14(16)9-18-8-13/h7-9,11-12,17H,3-6,10H2,1-2H3. The fourth-order valence-electron chi connectivity index (χ4n) is 2.57. The maximum atomic E-state index is 13.2. The fraction of sp³-hybridized carbons (Fsp3) is 0.600. The fourth-order valence-corrected chi connectivity index (χ4v) is 2.57. The molecule has 1 aromatic heterocycles. The molecule has 2 rings (SSSR count). The van der Waals surface area contributed by atoms with Crippen LogP contribution in [0.3, 0.4) is 0 Å². The molecule has 1 amide bonds. The number of carbonyl (C=O) groups excluding carboxylic acids is 1. The van der Waals surface area contributed by atoms with Gasteiger partial charge in [-0.1, -0.05) is 0 Å². The van der Waals surface area contributed by atoms with Crippen LogP contribution < -0.4 is 5.32 Å². The molecule has 1 aliphatic heterocycles. The number of amides is 1. The van der Waals surface area contributed by atoms with Crippen molar-refractivity contribution in [2.45, 2.75) is 32.7 Å². The van der Waals surface area contributed by atoms with Crippen molar-refractivity contribution in [2.24, 2.45) is 5.92 Å². The summed E-state index contributed by atoms with van der Waals surface area (Å²) in [6.45, 7) is 6.73. The second-order valence-corrected chi connectivity index (χ2v) is 5.64. The van der Waals surface area contributed by atoms with Crippen LogP contribution in [-0.4, -0.2) is 41.5 Å². The molecular formula is C15H22FN3O. The van der Waals surface area contributed by atoms with Gasteiger partial charge in [-0.15, -0.1) is 0 Å². The van der Waals surface area contributed by atoms with E-state index in [-0.39, 0.29) is 11.9 Å². The Morgan fingerprint density at radius 3 is 2.75 bits per heavy atom. The first-order chi connectivity index (χ1) is 9.58. The van der Waals surface area contributed by atoms with E-state index in [1.54, 1.807) is 0 Å². The molecule has 0 saturated carbocycles. The van der Waals surface area contributed by atoms with Crippen LogP contribution in [0, 0.1) is 11.7 Å². The van der Waals surface area contributed by atoms with Gasteiger partial charge in [-0.25, -0.2) is 4.39 Å². The highest BCUT2D eigenvalue weighted by molar-refractivity contribution is 5.94. The number of carbonyl (C=O) groups is 1. The number of piperidine rings is 1. The number of rotatable bonds is 4. The zero-order chi connectivity index (χ0) is 14.5. The lowest BCUT2D eigenvalue weighted by Gasteiger charge is -2.32. The van der Waals surface area contributed by atoms with Crippen molar-refractivity contribution in [1.82, 2.24) is 15.2 Å². The third-order valence-electron chi connectivity index (χ3n) is 3.75. The average molecular weight is 279 g/mol. The van der Waals surface area contributed by atoms with Gasteiger partial charge in [0, 0.05) is 18.8 Å². The largest absolute Gasteiger partial charge is 0.336 e. The zero-order valence-electron chi connectivity index (χ0n) is 12.1. The summed E-state index contributed by atoms with van der Waals surface area (Å²) in [4.78, 5) is 18.1. The Morgan fingerprint density at radius 1 is 1.45 bits per heavy atom. The summed E-state index contributed by atoms with van der Waals surface area (Å²) < 4.78 is 13.2. The molecule has 0 atom stereocenters. The molecule has 4 nitrogen and oxygen atoms in total. The van der Waals surface area contributed by atoms with E-state index in [1.165, 1.54) is 12.3 Å². The maximum absolute atomic E-state index is 13.2. The van der Waals surface area contributed by atoms with Gasteiger partial charge in [0.2, 0.25) is 0 Å². The van der Waals surface area contributed by atoms with E-state index in [0.29, 0.717) is 11.5 Å². The first-order valence-electron chi connectivity index (χ1n) is 7.20. The minimum atomic E-state index is -0.471. The summed E-state index contributed by atoms with van der Waals surface area (Å²) >= 11 is 0. The highest BCUT2D eigenvalue weighted by Crippen LogP contribution is 2.17. The first-order valence-corrected chi connectivity index (χ1v) is 7.20. The van der Waals surface area contributed by atoms with Crippen LogP contribution in [-0.2, 0) is 0 Å². The van der Waals surface area contributed by atoms with Gasteiger partial charge in [0.1, 0.15) is 5.82 Å². The monoisotopic (exact) mass is 279 g/mol. The lowest BCUT2D eigenvalue weighted by atomic mass is 9.96. The van der Waals surface area contributed by atoms with Gasteiger partial charge >= 0.3 is 0 Å². The second-order valence-electron chi connectivity index (χ2n) is 5.64. The SMILES string of the molecule is CC(C)N(CC1CCNCC1)C(=O)c1cncc(F)c1. The average Bonchev–Trinajstić information content (AvgIpc) is 2.45. The number of hydrogen-bond acceptors (Lipinski definition) is 3. The molecule has 0 spiro atoms. The minimum Gasteiger partial charge on any atom is -0.336 e. The summed E-state index contributed by atoms with van der Waals surface area (Å²) in [5, 5.41) is 3.32. The van der Waals surface area contributed by atoms with Crippen molar-refractivity contribution in [3.63, 3.8) is 0 Å². The predicted molar refractivity (Wildman–Crippen MR) is 76.0 cm³/mol. The van der Waals surface area contributed by atoms with Crippen molar-refractivity contribution in [2.75, 3.05) is 19.6 Å². The number of halogens is 1. The number of nitrogens with one attached hydrogen (secondary N) is 1. The number of hydrogen-bond donors (Lipinski definition) is 1. The van der Waals surface area contributed by atoms with Crippen LogP contribution in [0.5, 0.6) is 0 Å². The van der Waals surface area contributed by atoms with Gasteiger partial charge in [0.05, 0.1) is 11.8 Å². The van der Waals surface area contributed by atoms with E-state index >= 15 is 0 Å². The summed E-state index contributed by atoms with van der Waals surface area (Å²) in [6.07, 6.45) is 4.71. The second kappa shape index (κ2) is 6.79. The Kier molecular flexibility index (Phi) is 5.06. The van der Waals surface area contributed by atoms with Gasteiger partial charge in [-0.05, 0) is 51.8 Å². The summed E-state index contributed by atoms with van der Waals surface area (Å²) in [5.41, 5.74) is 0.327. The molecular weight excluding hydrogens is 257 g/mol. The number of aromatic nitrogens is 1. The highest BCUT2D eigenvalue weighted by Gasteiger charge is 2.24. The van der Waals surface area contributed by atoms with Crippen molar-refractivity contribution >= 4 is 5.91 Å². The normalized spacial score (nSPS) is 16.4. The van der Waals surface area contributed by atoms with Crippen LogP contribution in [0.2, 0.25) is 0 Å². The Labute approximate surface area is 119 Å². The quantitative estimate of drug-likeness (QED) is 0.917. The van der Waals surface area contributed by atoms with Gasteiger partial charge in [-0.2, -0.15) is 0 Å². The molecule has 1 fully saturated rings. The number of nitrogens with zero attached hydrogens (tertiary/aromatic N) is 2. The third kappa shape index (κ3) is 3.76. The molecule has 1 aromatic rings. The van der Waals surface area contributed by atoms with Crippen LogP contribution in [0.1, 0.15) is 37.0 Å². The van der Waals surface area contributed by atoms with E-state index in [4.69, 9.17) is 0 Å². The van der Waals surface area contributed by atoms with Crippen molar-refractivity contribution < 1.29 is 9.18 Å². The molecule has 20 heavy (non-hydrogen) atoms. The van der Waals surface area contributed by atoms with Crippen LogP contribution in [0.25, 0.3) is 0 Å². The van der Waals surface area contributed by atoms with Gasteiger partial charge < -0.3 is 10.2 Å². The van der Waals surface area contributed by atoms with Crippen molar-refractivity contribution in [3.05, 3.63) is 29.8 Å². The summed E-state index contributed by atoms with van der Waals surface area (Å²) in [7, 11) is 0. The Morgan fingerprint density at radius 2 is 2.15 bits per heavy atom. The molecule has 2 heterocycles. The van der Waals surface area contributed by atoms with Crippen LogP contribution >= 0.6 is 0 Å². The molecule has 1 saturated heterocycles. The van der Waals surface area contributed by atoms with Crippen LogP contribution in [0.15, 0.2) is 18.5 Å². The zero-order valence-corrected chi connectivity index (χ0v) is 12.1. The van der Waals surface area contributed by atoms with E-state index < -0.39 is 5.82 Å². The van der Waals surface area contributed by atoms with Crippen LogP contribution in [0.4, 0.5) is 4.39 Å². The molecule has 0 aromatic carbocycles. The molecule has 0 aliphatic carbocycles. The smallest absolute Gasteiger partial charge is 0.255 e. The minimum absolute atomic E-state index is 0.0978. The number of pyridine rings is 1. The Bertz CT molecular complexity index is 458. The highest BCUT2D eigenvalue weighted by atomic mass is 19.1. The lowest BCUT2D eigenvalue weighted by Crippen LogP contribution is -2.43. The summed E-state index contributed by atoms with van der Waals surface area (Å²) in [5.74, 6) is -0.0870. The Hall–Kier alpha value is -1.49. The maximum Gasteiger partial charge on any atom is 0.255 e. The lowest BCUT2D eigenvalue weighted by molar-refractivity contribution is 0.0657.